The maximum Gasteiger partial charge on any atom is 0.242 e. The summed E-state index contributed by atoms with van der Waals surface area (Å²) in [4.78, 5) is 25.5. The lowest BCUT2D eigenvalue weighted by atomic mass is 10.1. The average molecular weight is 340 g/mol. The maximum absolute atomic E-state index is 11.9. The minimum Gasteiger partial charge on any atom is -0.347 e. The number of carbonyl (C=O) groups excluding carboxylic acids is 2. The molecule has 1 aromatic rings. The number of piperazine rings is 1. The molecule has 20 heavy (non-hydrogen) atoms. The fourth-order valence-electron chi connectivity index (χ4n) is 2.10. The number of nitrogens with one attached hydrogen (secondary N) is 2. The molecule has 0 aliphatic carbocycles. The van der Waals surface area contributed by atoms with Crippen molar-refractivity contribution in [1.29, 1.82) is 0 Å². The highest BCUT2D eigenvalue weighted by atomic mass is 79.9. The summed E-state index contributed by atoms with van der Waals surface area (Å²) in [7, 11) is 0. The molecule has 2 amide bonds. The Labute approximate surface area is 126 Å². The molecule has 0 spiro atoms. The summed E-state index contributed by atoms with van der Waals surface area (Å²) >= 11 is 3.37. The van der Waals surface area contributed by atoms with E-state index in [2.05, 4.69) is 26.6 Å². The maximum atomic E-state index is 11.9. The van der Waals surface area contributed by atoms with Gasteiger partial charge in [-0.15, -0.1) is 0 Å². The third kappa shape index (κ3) is 4.61. The number of carbonyl (C=O) groups is 2. The van der Waals surface area contributed by atoms with Crippen LogP contribution < -0.4 is 10.6 Å². The van der Waals surface area contributed by atoms with Gasteiger partial charge in [-0.25, -0.2) is 0 Å². The minimum absolute atomic E-state index is 0.0194. The first kappa shape index (κ1) is 15.0. The Morgan fingerprint density at radius 2 is 2.05 bits per heavy atom. The summed E-state index contributed by atoms with van der Waals surface area (Å²) in [5, 5.41) is 5.87. The predicted octanol–water partition coefficient (Wildman–Crippen LogP) is 0.540. The zero-order chi connectivity index (χ0) is 14.4. The van der Waals surface area contributed by atoms with Crippen molar-refractivity contribution in [3.8, 4) is 0 Å². The Hall–Kier alpha value is -1.40. The smallest absolute Gasteiger partial charge is 0.242 e. The molecule has 1 aliphatic rings. The van der Waals surface area contributed by atoms with E-state index >= 15 is 0 Å². The van der Waals surface area contributed by atoms with E-state index in [4.69, 9.17) is 0 Å². The van der Waals surface area contributed by atoms with Crippen molar-refractivity contribution in [2.45, 2.75) is 6.42 Å². The lowest BCUT2D eigenvalue weighted by Crippen LogP contribution is -2.49. The average Bonchev–Trinajstić information content (AvgIpc) is 2.46. The van der Waals surface area contributed by atoms with Gasteiger partial charge in [0.05, 0.1) is 13.0 Å². The molecule has 0 aromatic heterocycles. The van der Waals surface area contributed by atoms with Crippen LogP contribution in [-0.2, 0) is 16.0 Å². The summed E-state index contributed by atoms with van der Waals surface area (Å²) < 4.78 is 0.944. The van der Waals surface area contributed by atoms with Gasteiger partial charge in [-0.1, -0.05) is 28.1 Å². The molecule has 1 saturated heterocycles. The second kappa shape index (κ2) is 7.40. The zero-order valence-electron chi connectivity index (χ0n) is 11.2. The second-order valence-electron chi connectivity index (χ2n) is 4.71. The van der Waals surface area contributed by atoms with Crippen LogP contribution in [0, 0.1) is 0 Å². The summed E-state index contributed by atoms with van der Waals surface area (Å²) in [6, 6.07) is 7.59. The van der Waals surface area contributed by atoms with Crippen molar-refractivity contribution in [3.05, 3.63) is 34.3 Å². The molecule has 0 saturated carbocycles. The molecule has 0 radical (unpaired) electrons. The Kier molecular flexibility index (Phi) is 5.55. The fourth-order valence-corrected chi connectivity index (χ4v) is 2.54. The summed E-state index contributed by atoms with van der Waals surface area (Å²) in [6.45, 7) is 3.13. The molecule has 6 heteroatoms. The lowest BCUT2D eigenvalue weighted by Gasteiger charge is -2.27. The number of nitrogens with zero attached hydrogens (tertiary/aromatic N) is 1. The number of benzene rings is 1. The van der Waals surface area contributed by atoms with Crippen molar-refractivity contribution in [3.63, 3.8) is 0 Å². The molecule has 0 unspecified atom stereocenters. The molecule has 0 atom stereocenters. The highest BCUT2D eigenvalue weighted by Gasteiger charge is 2.16. The van der Waals surface area contributed by atoms with Crippen molar-refractivity contribution in [1.82, 2.24) is 15.5 Å². The minimum atomic E-state index is -0.133. The first-order chi connectivity index (χ1) is 9.65. The van der Waals surface area contributed by atoms with Gasteiger partial charge in [0.1, 0.15) is 0 Å². The molecule has 108 valence electrons. The topological polar surface area (TPSA) is 61.4 Å². The molecule has 2 rings (SSSR count). The summed E-state index contributed by atoms with van der Waals surface area (Å²) in [6.07, 6.45) is 0.286. The third-order valence-corrected chi connectivity index (χ3v) is 3.65. The van der Waals surface area contributed by atoms with Crippen LogP contribution in [0.1, 0.15) is 5.56 Å². The summed E-state index contributed by atoms with van der Waals surface area (Å²) in [5.41, 5.74) is 0.923. The first-order valence-corrected chi connectivity index (χ1v) is 7.44. The van der Waals surface area contributed by atoms with E-state index < -0.39 is 0 Å². The molecule has 0 bridgehead atoms. The van der Waals surface area contributed by atoms with Gasteiger partial charge in [-0.05, 0) is 17.7 Å². The van der Waals surface area contributed by atoms with Crippen LogP contribution >= 0.6 is 15.9 Å². The molecular formula is C14H18BrN3O2. The fraction of sp³-hybridized carbons (Fsp3) is 0.429. The highest BCUT2D eigenvalue weighted by Crippen LogP contribution is 2.11. The van der Waals surface area contributed by atoms with Gasteiger partial charge in [0.25, 0.3) is 0 Å². The molecular weight excluding hydrogens is 322 g/mol. The van der Waals surface area contributed by atoms with Gasteiger partial charge < -0.3 is 15.5 Å². The van der Waals surface area contributed by atoms with Gasteiger partial charge in [-0.3, -0.25) is 9.59 Å². The molecule has 1 fully saturated rings. The molecule has 1 aromatic carbocycles. The van der Waals surface area contributed by atoms with Crippen molar-refractivity contribution < 1.29 is 9.59 Å². The Balaban J connectivity index is 1.75. The van der Waals surface area contributed by atoms with Crippen LogP contribution in [0.2, 0.25) is 0 Å². The molecule has 1 aliphatic heterocycles. The Morgan fingerprint density at radius 1 is 1.30 bits per heavy atom. The first-order valence-electron chi connectivity index (χ1n) is 6.65. The van der Waals surface area contributed by atoms with Gasteiger partial charge in [0.15, 0.2) is 0 Å². The van der Waals surface area contributed by atoms with E-state index in [-0.39, 0.29) is 24.8 Å². The van der Waals surface area contributed by atoms with E-state index in [1.165, 1.54) is 0 Å². The van der Waals surface area contributed by atoms with Crippen molar-refractivity contribution in [2.24, 2.45) is 0 Å². The zero-order valence-corrected chi connectivity index (χ0v) is 12.8. The van der Waals surface area contributed by atoms with Crippen LogP contribution in [-0.4, -0.2) is 49.4 Å². The van der Waals surface area contributed by atoms with E-state index in [0.717, 1.165) is 23.1 Å². The monoisotopic (exact) mass is 339 g/mol. The second-order valence-corrected chi connectivity index (χ2v) is 5.63. The van der Waals surface area contributed by atoms with Crippen LogP contribution in [0.15, 0.2) is 28.7 Å². The Bertz CT molecular complexity index is 487. The standard InChI is InChI=1S/C14H18BrN3O2/c15-12-3-1-2-11(8-12)9-13(19)17-10-14(20)18-6-4-16-5-7-18/h1-3,8,16H,4-7,9-10H2,(H,17,19). The number of halogens is 1. The van der Waals surface area contributed by atoms with E-state index in [1.54, 1.807) is 4.90 Å². The van der Waals surface area contributed by atoms with E-state index in [9.17, 15) is 9.59 Å². The van der Waals surface area contributed by atoms with Gasteiger partial charge in [0, 0.05) is 30.7 Å². The predicted molar refractivity (Wildman–Crippen MR) is 80.3 cm³/mol. The van der Waals surface area contributed by atoms with Gasteiger partial charge >= 0.3 is 0 Å². The number of amides is 2. The van der Waals surface area contributed by atoms with Crippen molar-refractivity contribution >= 4 is 27.7 Å². The van der Waals surface area contributed by atoms with Crippen LogP contribution in [0.25, 0.3) is 0 Å². The normalized spacial score (nSPS) is 14.9. The molecule has 5 nitrogen and oxygen atoms in total. The molecule has 1 heterocycles. The van der Waals surface area contributed by atoms with Crippen LogP contribution in [0.4, 0.5) is 0 Å². The third-order valence-electron chi connectivity index (χ3n) is 3.16. The largest absolute Gasteiger partial charge is 0.347 e. The quantitative estimate of drug-likeness (QED) is 0.841. The molecule has 2 N–H and O–H groups in total. The highest BCUT2D eigenvalue weighted by molar-refractivity contribution is 9.10. The number of hydrogen-bond donors (Lipinski definition) is 2. The number of rotatable bonds is 4. The lowest BCUT2D eigenvalue weighted by molar-refractivity contribution is -0.133. The van der Waals surface area contributed by atoms with Gasteiger partial charge in [-0.2, -0.15) is 0 Å². The SMILES string of the molecule is O=C(Cc1cccc(Br)c1)NCC(=O)N1CCNCC1. The summed E-state index contributed by atoms with van der Waals surface area (Å²) in [5.74, 6) is -0.152. The van der Waals surface area contributed by atoms with Crippen molar-refractivity contribution in [2.75, 3.05) is 32.7 Å². The van der Waals surface area contributed by atoms with Crippen LogP contribution in [0.3, 0.4) is 0 Å². The van der Waals surface area contributed by atoms with E-state index in [0.29, 0.717) is 13.1 Å². The van der Waals surface area contributed by atoms with Gasteiger partial charge in [0.2, 0.25) is 11.8 Å². The van der Waals surface area contributed by atoms with Crippen LogP contribution in [0.5, 0.6) is 0 Å². The Morgan fingerprint density at radius 3 is 2.75 bits per heavy atom. The number of hydrogen-bond acceptors (Lipinski definition) is 3. The van der Waals surface area contributed by atoms with E-state index in [1.807, 2.05) is 24.3 Å².